The third-order valence-electron chi connectivity index (χ3n) is 7.13. The zero-order chi connectivity index (χ0) is 29.2. The number of alkyl halides is 3. The number of halogens is 3. The van der Waals surface area contributed by atoms with Gasteiger partial charge >= 0.3 is 12.1 Å². The highest BCUT2D eigenvalue weighted by Gasteiger charge is 2.57. The Kier molecular flexibility index (Phi) is 7.71. The van der Waals surface area contributed by atoms with Crippen molar-refractivity contribution in [3.63, 3.8) is 0 Å². The third-order valence-corrected chi connectivity index (χ3v) is 7.13. The first kappa shape index (κ1) is 28.1. The summed E-state index contributed by atoms with van der Waals surface area (Å²) in [7, 11) is 0. The van der Waals surface area contributed by atoms with Crippen molar-refractivity contribution in [2.24, 2.45) is 0 Å². The minimum absolute atomic E-state index is 0.0795. The number of carbonyl (C=O) groups excluding carboxylic acids is 1. The highest BCUT2D eigenvalue weighted by molar-refractivity contribution is 5.88. The maximum Gasteiger partial charge on any atom is 0.422 e. The smallest absolute Gasteiger partial charge is 0.422 e. The first-order valence-electron chi connectivity index (χ1n) is 13.1. The molecule has 0 bridgehead atoms. The van der Waals surface area contributed by atoms with Crippen molar-refractivity contribution in [2.75, 3.05) is 19.7 Å². The number of ether oxygens (including phenoxy) is 1. The van der Waals surface area contributed by atoms with Crippen LogP contribution >= 0.6 is 0 Å². The molecule has 1 atom stereocenters. The van der Waals surface area contributed by atoms with Gasteiger partial charge in [0, 0.05) is 61.1 Å². The fraction of sp³-hybridized carbons (Fsp3) is 0.300. The SMILES string of the molecule is [C-]#[N+]c1ccc2c(C(O)(CN3CCn4cc(C=CC(=O)OCC)nc4C3)C(F)(F)F)cn(Cc3ccccc3)c2c1. The number of hydrogen-bond donors (Lipinski definition) is 1. The highest BCUT2D eigenvalue weighted by Crippen LogP contribution is 2.44. The highest BCUT2D eigenvalue weighted by atomic mass is 19.4. The number of rotatable bonds is 8. The first-order valence-corrected chi connectivity index (χ1v) is 13.1. The number of imidazole rings is 1. The van der Waals surface area contributed by atoms with Crippen molar-refractivity contribution < 1.29 is 27.8 Å². The Hall–Kier alpha value is -4.40. The Labute approximate surface area is 234 Å². The molecule has 0 amide bonds. The largest absolute Gasteiger partial charge is 0.463 e. The number of β-amino-alcohol motifs (C(OH)–C–C–N with tert-alkyl or cyclic N) is 1. The molecule has 0 saturated carbocycles. The van der Waals surface area contributed by atoms with E-state index in [1.807, 2.05) is 34.9 Å². The van der Waals surface area contributed by atoms with Gasteiger partial charge in [0.2, 0.25) is 5.60 Å². The Morgan fingerprint density at radius 3 is 2.66 bits per heavy atom. The van der Waals surface area contributed by atoms with E-state index >= 15 is 0 Å². The molecule has 0 saturated heterocycles. The van der Waals surface area contributed by atoms with E-state index in [1.54, 1.807) is 23.8 Å². The average Bonchev–Trinajstić information content (AvgIpc) is 3.52. The molecule has 0 spiro atoms. The Morgan fingerprint density at radius 2 is 1.95 bits per heavy atom. The third kappa shape index (κ3) is 5.75. The van der Waals surface area contributed by atoms with Crippen LogP contribution < -0.4 is 0 Å². The maximum atomic E-state index is 14.8. The summed E-state index contributed by atoms with van der Waals surface area (Å²) in [4.78, 5) is 21.0. The van der Waals surface area contributed by atoms with Crippen LogP contribution in [-0.2, 0) is 34.8 Å². The minimum atomic E-state index is -4.99. The van der Waals surface area contributed by atoms with Gasteiger partial charge in [-0.3, -0.25) is 4.90 Å². The fourth-order valence-corrected chi connectivity index (χ4v) is 5.12. The van der Waals surface area contributed by atoms with Gasteiger partial charge in [-0.1, -0.05) is 42.5 Å². The van der Waals surface area contributed by atoms with E-state index in [1.165, 1.54) is 35.4 Å². The fourth-order valence-electron chi connectivity index (χ4n) is 5.12. The molecule has 11 heteroatoms. The van der Waals surface area contributed by atoms with Gasteiger partial charge in [0.15, 0.2) is 5.69 Å². The Balaban J connectivity index is 1.47. The van der Waals surface area contributed by atoms with E-state index in [0.717, 1.165) is 5.56 Å². The summed E-state index contributed by atoms with van der Waals surface area (Å²) < 4.78 is 52.7. The normalized spacial score (nSPS) is 15.5. The van der Waals surface area contributed by atoms with Crippen LogP contribution in [0.3, 0.4) is 0 Å². The Bertz CT molecular complexity index is 1630. The number of aliphatic hydroxyl groups is 1. The van der Waals surface area contributed by atoms with Crippen LogP contribution in [0.15, 0.2) is 67.0 Å². The molecule has 1 unspecified atom stereocenters. The quantitative estimate of drug-likeness (QED) is 0.179. The number of carbonyl (C=O) groups is 1. The second-order valence-electron chi connectivity index (χ2n) is 9.90. The summed E-state index contributed by atoms with van der Waals surface area (Å²) in [5.41, 5.74) is -1.36. The lowest BCUT2D eigenvalue weighted by molar-refractivity contribution is -0.272. The van der Waals surface area contributed by atoms with Crippen LogP contribution in [0.2, 0.25) is 0 Å². The molecule has 41 heavy (non-hydrogen) atoms. The summed E-state index contributed by atoms with van der Waals surface area (Å²) in [6.45, 7) is 9.60. The Morgan fingerprint density at radius 1 is 1.17 bits per heavy atom. The second-order valence-corrected chi connectivity index (χ2v) is 9.90. The molecule has 1 N–H and O–H groups in total. The summed E-state index contributed by atoms with van der Waals surface area (Å²) in [5.74, 6) is 0.0165. The molecule has 212 valence electrons. The summed E-state index contributed by atoms with van der Waals surface area (Å²) in [6.07, 6.45) is 0.839. The number of hydrogen-bond acceptors (Lipinski definition) is 5. The number of aromatic nitrogens is 3. The van der Waals surface area contributed by atoms with E-state index in [4.69, 9.17) is 11.3 Å². The van der Waals surface area contributed by atoms with Crippen molar-refractivity contribution in [3.05, 3.63) is 101 Å². The molecular formula is C30H28F3N5O3. The van der Waals surface area contributed by atoms with Crippen LogP contribution in [-0.4, -0.2) is 56.0 Å². The van der Waals surface area contributed by atoms with Crippen molar-refractivity contribution >= 4 is 28.6 Å². The number of esters is 1. The molecule has 5 rings (SSSR count). The van der Waals surface area contributed by atoms with Gasteiger partial charge in [-0.05, 0) is 24.6 Å². The number of benzene rings is 2. The molecular weight excluding hydrogens is 535 g/mol. The first-order chi connectivity index (χ1) is 19.6. The van der Waals surface area contributed by atoms with Gasteiger partial charge < -0.3 is 19.0 Å². The van der Waals surface area contributed by atoms with E-state index in [9.17, 15) is 23.1 Å². The average molecular weight is 564 g/mol. The molecule has 0 fully saturated rings. The zero-order valence-corrected chi connectivity index (χ0v) is 22.3. The maximum absolute atomic E-state index is 14.8. The van der Waals surface area contributed by atoms with Gasteiger partial charge in [-0.25, -0.2) is 14.6 Å². The molecule has 8 nitrogen and oxygen atoms in total. The molecule has 1 aliphatic rings. The predicted octanol–water partition coefficient (Wildman–Crippen LogP) is 5.28. The van der Waals surface area contributed by atoms with E-state index in [0.29, 0.717) is 29.3 Å². The molecule has 2 aromatic carbocycles. The van der Waals surface area contributed by atoms with Crippen molar-refractivity contribution in [1.82, 2.24) is 19.0 Å². The molecule has 3 heterocycles. The molecule has 4 aromatic rings. The van der Waals surface area contributed by atoms with Crippen LogP contribution in [0.4, 0.5) is 18.9 Å². The standard InChI is InChI=1S/C30H28F3N5O3/c1-3-41-28(39)12-10-23-17-37-14-13-36(19-27(37)35-23)20-29(40,30(31,32)33)25-18-38(16-21-7-5-4-6-8-21)26-15-22(34-2)9-11-24(25)26/h4-12,15,17-18,40H,3,13-14,16,19-20H2,1H3. The number of nitrogens with zero attached hydrogens (tertiary/aromatic N) is 5. The molecule has 0 radical (unpaired) electrons. The number of fused-ring (bicyclic) bond motifs is 2. The topological polar surface area (TPSA) is 76.9 Å². The summed E-state index contributed by atoms with van der Waals surface area (Å²) in [6, 6.07) is 13.8. The monoisotopic (exact) mass is 563 g/mol. The van der Waals surface area contributed by atoms with Crippen LogP contribution in [0, 0.1) is 6.57 Å². The van der Waals surface area contributed by atoms with Crippen molar-refractivity contribution in [1.29, 1.82) is 0 Å². The second kappa shape index (κ2) is 11.2. The molecule has 0 aliphatic carbocycles. The van der Waals surface area contributed by atoms with Gasteiger partial charge in [-0.15, -0.1) is 0 Å². The van der Waals surface area contributed by atoms with Crippen LogP contribution in [0.5, 0.6) is 0 Å². The predicted molar refractivity (Wildman–Crippen MR) is 147 cm³/mol. The summed E-state index contributed by atoms with van der Waals surface area (Å²) in [5, 5.41) is 11.7. The lowest BCUT2D eigenvalue weighted by atomic mass is 9.91. The molecule has 1 aliphatic heterocycles. The van der Waals surface area contributed by atoms with E-state index in [2.05, 4.69) is 9.83 Å². The summed E-state index contributed by atoms with van der Waals surface area (Å²) >= 11 is 0. The zero-order valence-electron chi connectivity index (χ0n) is 22.3. The van der Waals surface area contributed by atoms with Gasteiger partial charge in [0.05, 0.1) is 25.4 Å². The van der Waals surface area contributed by atoms with E-state index in [-0.39, 0.29) is 37.2 Å². The lowest BCUT2D eigenvalue weighted by Gasteiger charge is -2.37. The minimum Gasteiger partial charge on any atom is -0.463 e. The van der Waals surface area contributed by atoms with Crippen LogP contribution in [0.25, 0.3) is 21.8 Å². The van der Waals surface area contributed by atoms with Gasteiger partial charge in [0.25, 0.3) is 0 Å². The van der Waals surface area contributed by atoms with Gasteiger partial charge in [0.1, 0.15) is 5.82 Å². The lowest BCUT2D eigenvalue weighted by Crippen LogP contribution is -2.52. The van der Waals surface area contributed by atoms with E-state index < -0.39 is 24.3 Å². The molecule has 2 aromatic heterocycles. The van der Waals surface area contributed by atoms with Crippen LogP contribution in [0.1, 0.15) is 29.6 Å². The van der Waals surface area contributed by atoms with Gasteiger partial charge in [-0.2, -0.15) is 13.2 Å². The van der Waals surface area contributed by atoms with Crippen molar-refractivity contribution in [3.8, 4) is 0 Å². The van der Waals surface area contributed by atoms with Crippen molar-refractivity contribution in [2.45, 2.75) is 38.3 Å².